The van der Waals surface area contributed by atoms with E-state index in [1.807, 2.05) is 32.0 Å². The first kappa shape index (κ1) is 28.2. The first-order valence-corrected chi connectivity index (χ1v) is 12.8. The minimum absolute atomic E-state index is 0.164. The van der Waals surface area contributed by atoms with Gasteiger partial charge in [0.2, 0.25) is 0 Å². The van der Waals surface area contributed by atoms with Gasteiger partial charge in [-0.3, -0.25) is 19.7 Å². The van der Waals surface area contributed by atoms with Crippen LogP contribution < -0.4 is 20.3 Å². The summed E-state index contributed by atoms with van der Waals surface area (Å²) in [5.74, 6) is -2.21. The number of imide groups is 2. The summed E-state index contributed by atoms with van der Waals surface area (Å²) in [6, 6.07) is 15.1. The normalized spacial score (nSPS) is 14.2. The van der Waals surface area contributed by atoms with Gasteiger partial charge >= 0.3 is 12.0 Å². The van der Waals surface area contributed by atoms with Crippen LogP contribution in [0.4, 0.5) is 16.2 Å². The first-order valence-electron chi connectivity index (χ1n) is 12.0. The van der Waals surface area contributed by atoms with E-state index in [9.17, 15) is 24.0 Å². The molecule has 204 valence electrons. The number of hydrogen-bond acceptors (Lipinski definition) is 7. The van der Waals surface area contributed by atoms with Crippen molar-refractivity contribution >= 4 is 63.1 Å². The predicted molar refractivity (Wildman–Crippen MR) is 151 cm³/mol. The van der Waals surface area contributed by atoms with Gasteiger partial charge in [-0.05, 0) is 95.0 Å². The van der Waals surface area contributed by atoms with Crippen LogP contribution in [0, 0.1) is 13.8 Å². The Kier molecular flexibility index (Phi) is 8.44. The number of anilines is 2. The SMILES string of the molecule is COC(=O)c1ccc(N2C(=O)NC(=O)/C(=C/c3ccc(OCC(=O)Nc4cccc(C)c4C)c(Br)c3)C2=O)cc1. The van der Waals surface area contributed by atoms with Crippen LogP contribution in [0.25, 0.3) is 6.08 Å². The Hall–Kier alpha value is -4.77. The van der Waals surface area contributed by atoms with E-state index in [0.717, 1.165) is 16.0 Å². The maximum Gasteiger partial charge on any atom is 0.337 e. The Morgan fingerprint density at radius 1 is 1.02 bits per heavy atom. The molecule has 1 heterocycles. The van der Waals surface area contributed by atoms with Crippen molar-refractivity contribution < 1.29 is 33.4 Å². The Bertz CT molecular complexity index is 1560. The van der Waals surface area contributed by atoms with Crippen molar-refractivity contribution in [2.45, 2.75) is 13.8 Å². The van der Waals surface area contributed by atoms with Gasteiger partial charge in [0.25, 0.3) is 17.7 Å². The van der Waals surface area contributed by atoms with E-state index < -0.39 is 23.8 Å². The number of benzene rings is 3. The largest absolute Gasteiger partial charge is 0.483 e. The van der Waals surface area contributed by atoms with E-state index >= 15 is 0 Å². The van der Waals surface area contributed by atoms with E-state index in [0.29, 0.717) is 21.5 Å². The van der Waals surface area contributed by atoms with Crippen molar-refractivity contribution in [2.75, 3.05) is 23.9 Å². The highest BCUT2D eigenvalue weighted by Gasteiger charge is 2.36. The average Bonchev–Trinajstić information content (AvgIpc) is 2.93. The lowest BCUT2D eigenvalue weighted by molar-refractivity contribution is -0.122. The molecule has 3 aromatic rings. The second kappa shape index (κ2) is 12.0. The number of amides is 5. The molecular weight excluding hydrogens is 582 g/mol. The van der Waals surface area contributed by atoms with E-state index in [1.165, 1.54) is 37.5 Å². The number of carbonyl (C=O) groups is 5. The van der Waals surface area contributed by atoms with Gasteiger partial charge in [0.05, 0.1) is 22.8 Å². The molecule has 1 aliphatic rings. The van der Waals surface area contributed by atoms with Gasteiger partial charge in [0, 0.05) is 5.69 Å². The molecule has 3 aromatic carbocycles. The van der Waals surface area contributed by atoms with Crippen molar-refractivity contribution in [3.63, 3.8) is 0 Å². The fourth-order valence-corrected chi connectivity index (χ4v) is 4.37. The topological polar surface area (TPSA) is 131 Å². The Balaban J connectivity index is 1.48. The van der Waals surface area contributed by atoms with E-state index in [2.05, 4.69) is 31.3 Å². The number of carbonyl (C=O) groups excluding carboxylic acids is 5. The lowest BCUT2D eigenvalue weighted by Crippen LogP contribution is -2.54. The van der Waals surface area contributed by atoms with Crippen LogP contribution >= 0.6 is 15.9 Å². The third-order valence-corrected chi connectivity index (χ3v) is 6.77. The molecule has 0 spiro atoms. The van der Waals surface area contributed by atoms with Crippen molar-refractivity contribution in [3.8, 4) is 5.75 Å². The van der Waals surface area contributed by atoms with Gasteiger partial charge in [-0.25, -0.2) is 14.5 Å². The molecule has 0 aliphatic carbocycles. The van der Waals surface area contributed by atoms with Crippen molar-refractivity contribution in [2.24, 2.45) is 0 Å². The van der Waals surface area contributed by atoms with Gasteiger partial charge in [-0.15, -0.1) is 0 Å². The quantitative estimate of drug-likeness (QED) is 0.230. The minimum atomic E-state index is -0.915. The first-order chi connectivity index (χ1) is 19.1. The Labute approximate surface area is 238 Å². The monoisotopic (exact) mass is 605 g/mol. The number of nitrogens with zero attached hydrogens (tertiary/aromatic N) is 1. The van der Waals surface area contributed by atoms with Crippen LogP contribution in [0.2, 0.25) is 0 Å². The van der Waals surface area contributed by atoms with Crippen molar-refractivity contribution in [1.29, 1.82) is 0 Å². The number of esters is 1. The number of hydrogen-bond donors (Lipinski definition) is 2. The van der Waals surface area contributed by atoms with Crippen molar-refractivity contribution in [1.82, 2.24) is 5.32 Å². The van der Waals surface area contributed by atoms with Crippen LogP contribution in [0.15, 0.2) is 70.7 Å². The highest BCUT2D eigenvalue weighted by Crippen LogP contribution is 2.28. The fraction of sp³-hybridized carbons (Fsp3) is 0.138. The second-order valence-corrected chi connectivity index (χ2v) is 9.62. The lowest BCUT2D eigenvalue weighted by Gasteiger charge is -2.26. The number of barbiturate groups is 1. The van der Waals surface area contributed by atoms with Crippen LogP contribution in [-0.4, -0.2) is 43.4 Å². The average molecular weight is 606 g/mol. The Morgan fingerprint density at radius 2 is 1.75 bits per heavy atom. The molecule has 1 fully saturated rings. The zero-order valence-corrected chi connectivity index (χ0v) is 23.3. The van der Waals surface area contributed by atoms with Crippen LogP contribution in [0.3, 0.4) is 0 Å². The number of ether oxygens (including phenoxy) is 2. The maximum absolute atomic E-state index is 13.2. The third kappa shape index (κ3) is 6.10. The van der Waals surface area contributed by atoms with E-state index in [-0.39, 0.29) is 29.3 Å². The van der Waals surface area contributed by atoms with Gasteiger partial charge < -0.3 is 14.8 Å². The van der Waals surface area contributed by atoms with Gasteiger partial charge in [0.1, 0.15) is 11.3 Å². The zero-order valence-electron chi connectivity index (χ0n) is 21.7. The maximum atomic E-state index is 13.2. The third-order valence-electron chi connectivity index (χ3n) is 6.15. The number of methoxy groups -OCH3 is 1. The minimum Gasteiger partial charge on any atom is -0.483 e. The van der Waals surface area contributed by atoms with Crippen molar-refractivity contribution in [3.05, 3.63) is 93.0 Å². The Morgan fingerprint density at radius 3 is 2.42 bits per heavy atom. The summed E-state index contributed by atoms with van der Waals surface area (Å²) < 4.78 is 10.8. The molecule has 1 saturated heterocycles. The summed E-state index contributed by atoms with van der Waals surface area (Å²) in [5, 5.41) is 4.97. The van der Waals surface area contributed by atoms with Crippen LogP contribution in [0.1, 0.15) is 27.0 Å². The number of urea groups is 1. The summed E-state index contributed by atoms with van der Waals surface area (Å²) in [5.41, 5.74) is 3.32. The fourth-order valence-electron chi connectivity index (χ4n) is 3.86. The number of halogens is 1. The smallest absolute Gasteiger partial charge is 0.337 e. The molecule has 0 bridgehead atoms. The molecule has 0 aromatic heterocycles. The lowest BCUT2D eigenvalue weighted by atomic mass is 10.1. The number of aryl methyl sites for hydroxylation is 1. The van der Waals surface area contributed by atoms with Gasteiger partial charge in [0.15, 0.2) is 6.61 Å². The molecule has 0 radical (unpaired) electrons. The second-order valence-electron chi connectivity index (χ2n) is 8.77. The number of rotatable bonds is 7. The molecule has 1 aliphatic heterocycles. The number of nitrogens with one attached hydrogen (secondary N) is 2. The van der Waals surface area contributed by atoms with Gasteiger partial charge in [-0.2, -0.15) is 0 Å². The summed E-state index contributed by atoms with van der Waals surface area (Å²) in [4.78, 5) is 63.0. The molecule has 40 heavy (non-hydrogen) atoms. The summed E-state index contributed by atoms with van der Waals surface area (Å²) in [6.45, 7) is 3.64. The standard InChI is InChI=1S/C29H24BrN3O7/c1-16-5-4-6-23(17(16)2)31-25(34)15-40-24-12-7-18(14-22(24)30)13-21-26(35)32-29(38)33(27(21)36)20-10-8-19(9-11-20)28(37)39-3/h4-14H,15H2,1-3H3,(H,31,34)(H,32,35,38)/b21-13-. The summed E-state index contributed by atoms with van der Waals surface area (Å²) >= 11 is 3.39. The molecule has 5 amide bonds. The highest BCUT2D eigenvalue weighted by atomic mass is 79.9. The van der Waals surface area contributed by atoms with Crippen LogP contribution in [0.5, 0.6) is 5.75 Å². The molecule has 0 unspecified atom stereocenters. The zero-order chi connectivity index (χ0) is 29.0. The molecule has 4 rings (SSSR count). The van der Waals surface area contributed by atoms with E-state index in [4.69, 9.17) is 4.74 Å². The molecular formula is C29H24BrN3O7. The van der Waals surface area contributed by atoms with E-state index in [1.54, 1.807) is 18.2 Å². The predicted octanol–water partition coefficient (Wildman–Crippen LogP) is 4.54. The van der Waals surface area contributed by atoms with Crippen LogP contribution in [-0.2, 0) is 19.1 Å². The molecule has 0 saturated carbocycles. The van der Waals surface area contributed by atoms with Gasteiger partial charge in [-0.1, -0.05) is 18.2 Å². The summed E-state index contributed by atoms with van der Waals surface area (Å²) in [7, 11) is 1.24. The molecule has 10 nitrogen and oxygen atoms in total. The molecule has 2 N–H and O–H groups in total. The highest BCUT2D eigenvalue weighted by molar-refractivity contribution is 9.10. The summed E-state index contributed by atoms with van der Waals surface area (Å²) in [6.07, 6.45) is 1.34. The molecule has 11 heteroatoms. The molecule has 0 atom stereocenters.